The van der Waals surface area contributed by atoms with Gasteiger partial charge in [0.05, 0.1) is 5.39 Å². The van der Waals surface area contributed by atoms with Crippen LogP contribution in [0.1, 0.15) is 23.0 Å². The largest absolute Gasteiger partial charge is 0.332 e. The number of amides is 1. The van der Waals surface area contributed by atoms with Crippen molar-refractivity contribution in [2.24, 2.45) is 0 Å². The number of rotatable bonds is 4. The van der Waals surface area contributed by atoms with Gasteiger partial charge in [-0.3, -0.25) is 9.59 Å². The van der Waals surface area contributed by atoms with Crippen LogP contribution in [0.25, 0.3) is 22.2 Å². The third kappa shape index (κ3) is 3.55. The number of para-hydroxylation sites is 1. The van der Waals surface area contributed by atoms with E-state index in [1.165, 1.54) is 0 Å². The van der Waals surface area contributed by atoms with Gasteiger partial charge in [-0.15, -0.1) is 0 Å². The number of fused-ring (bicyclic) bond motifs is 1. The van der Waals surface area contributed by atoms with Crippen LogP contribution in [0.3, 0.4) is 0 Å². The number of pyridine rings is 2. The molecule has 1 amide bonds. The second-order valence-corrected chi connectivity index (χ2v) is 6.85. The Morgan fingerprint density at radius 3 is 2.48 bits per heavy atom. The molecule has 4 rings (SSSR count). The van der Waals surface area contributed by atoms with Crippen LogP contribution in [-0.4, -0.2) is 15.5 Å². The van der Waals surface area contributed by atoms with E-state index in [2.05, 4.69) is 10.3 Å². The fraction of sp³-hybridized carbons (Fsp3) is 0.125. The molecule has 0 saturated carbocycles. The number of nitrogens with zero attached hydrogens (tertiary/aromatic N) is 2. The minimum atomic E-state index is -0.428. The molecule has 0 aliphatic rings. The highest BCUT2D eigenvalue weighted by atomic mass is 16.2. The smallest absolute Gasteiger partial charge is 0.261 e. The predicted molar refractivity (Wildman–Crippen MR) is 116 cm³/mol. The fourth-order valence-corrected chi connectivity index (χ4v) is 3.41. The molecule has 5 heteroatoms. The highest BCUT2D eigenvalue weighted by Gasteiger charge is 2.17. The van der Waals surface area contributed by atoms with Crippen LogP contribution in [0.15, 0.2) is 77.7 Å². The summed E-state index contributed by atoms with van der Waals surface area (Å²) in [6, 6.07) is 20.9. The summed E-state index contributed by atoms with van der Waals surface area (Å²) in [5.74, 6) is -0.428. The van der Waals surface area contributed by atoms with E-state index in [4.69, 9.17) is 0 Å². The summed E-state index contributed by atoms with van der Waals surface area (Å²) in [5, 5.41) is 3.37. The van der Waals surface area contributed by atoms with Crippen LogP contribution in [0.4, 0.5) is 5.69 Å². The molecule has 0 saturated heterocycles. The molecule has 2 aromatic carbocycles. The zero-order valence-corrected chi connectivity index (χ0v) is 16.3. The minimum Gasteiger partial charge on any atom is -0.332 e. The van der Waals surface area contributed by atoms with Gasteiger partial charge in [-0.25, -0.2) is 4.98 Å². The second-order valence-electron chi connectivity index (χ2n) is 6.85. The van der Waals surface area contributed by atoms with Gasteiger partial charge < -0.3 is 9.88 Å². The fourth-order valence-electron chi connectivity index (χ4n) is 3.41. The first-order valence-electron chi connectivity index (χ1n) is 9.55. The molecule has 0 bridgehead atoms. The minimum absolute atomic E-state index is 0.105. The Labute approximate surface area is 168 Å². The molecule has 0 aliphatic carbocycles. The summed E-state index contributed by atoms with van der Waals surface area (Å²) in [7, 11) is 0. The van der Waals surface area contributed by atoms with E-state index in [-0.39, 0.29) is 11.0 Å². The topological polar surface area (TPSA) is 64.0 Å². The van der Waals surface area contributed by atoms with E-state index >= 15 is 0 Å². The monoisotopic (exact) mass is 383 g/mol. The molecule has 0 aliphatic heterocycles. The first kappa shape index (κ1) is 18.6. The average molecular weight is 383 g/mol. The molecule has 4 aromatic rings. The van der Waals surface area contributed by atoms with Gasteiger partial charge in [0, 0.05) is 29.7 Å². The lowest BCUT2D eigenvalue weighted by Crippen LogP contribution is -2.24. The van der Waals surface area contributed by atoms with Gasteiger partial charge in [-0.05, 0) is 37.6 Å². The van der Waals surface area contributed by atoms with Crippen LogP contribution in [0.5, 0.6) is 0 Å². The van der Waals surface area contributed by atoms with Crippen molar-refractivity contribution < 1.29 is 4.79 Å². The molecule has 0 atom stereocenters. The quantitative estimate of drug-likeness (QED) is 0.558. The lowest BCUT2D eigenvalue weighted by molar-refractivity contribution is 0.102. The van der Waals surface area contributed by atoms with Crippen molar-refractivity contribution in [3.63, 3.8) is 0 Å². The molecule has 0 radical (unpaired) electrons. The number of carbonyl (C=O) groups excluding carboxylic acids is 1. The summed E-state index contributed by atoms with van der Waals surface area (Å²) in [6.07, 6.45) is 1.59. The molecule has 144 valence electrons. The van der Waals surface area contributed by atoms with Gasteiger partial charge in [0.2, 0.25) is 5.43 Å². The SMILES string of the molecule is CCn1cc(C(=O)Nc2ccccc2-c2ccccc2)c(=O)c2ccc(C)nc21. The number of anilines is 1. The zero-order chi connectivity index (χ0) is 20.4. The Kier molecular flexibility index (Phi) is 4.96. The van der Waals surface area contributed by atoms with E-state index in [1.807, 2.05) is 73.0 Å². The van der Waals surface area contributed by atoms with Crippen molar-refractivity contribution in [2.75, 3.05) is 5.32 Å². The molecule has 0 unspecified atom stereocenters. The number of nitrogens with one attached hydrogen (secondary N) is 1. The van der Waals surface area contributed by atoms with Crippen LogP contribution in [-0.2, 0) is 6.54 Å². The summed E-state index contributed by atoms with van der Waals surface area (Å²) >= 11 is 0. The normalized spacial score (nSPS) is 10.8. The van der Waals surface area contributed by atoms with Crippen molar-refractivity contribution in [3.8, 4) is 11.1 Å². The zero-order valence-electron chi connectivity index (χ0n) is 16.3. The maximum atomic E-state index is 13.1. The Hall–Kier alpha value is -3.73. The first-order chi connectivity index (χ1) is 14.1. The van der Waals surface area contributed by atoms with Crippen molar-refractivity contribution >= 4 is 22.6 Å². The Bertz CT molecular complexity index is 1260. The molecular formula is C24H21N3O2. The summed E-state index contributed by atoms with van der Waals surface area (Å²) in [6.45, 7) is 4.44. The molecule has 2 heterocycles. The van der Waals surface area contributed by atoms with Crippen LogP contribution in [0.2, 0.25) is 0 Å². The number of carbonyl (C=O) groups is 1. The standard InChI is InChI=1S/C24H21N3O2/c1-3-27-15-20(22(28)19-14-13-16(2)25-23(19)27)24(29)26-21-12-8-7-11-18(21)17-9-5-4-6-10-17/h4-15H,3H2,1-2H3,(H,26,29). The second kappa shape index (κ2) is 7.72. The molecule has 2 aromatic heterocycles. The summed E-state index contributed by atoms with van der Waals surface area (Å²) < 4.78 is 1.84. The molecule has 29 heavy (non-hydrogen) atoms. The summed E-state index contributed by atoms with van der Waals surface area (Å²) in [5.41, 5.74) is 3.77. The number of aryl methyl sites for hydroxylation is 2. The number of benzene rings is 2. The van der Waals surface area contributed by atoms with E-state index in [0.29, 0.717) is 23.3 Å². The van der Waals surface area contributed by atoms with Crippen LogP contribution < -0.4 is 10.7 Å². The molecule has 5 nitrogen and oxygen atoms in total. The molecule has 1 N–H and O–H groups in total. The Morgan fingerprint density at radius 2 is 1.72 bits per heavy atom. The van der Waals surface area contributed by atoms with Gasteiger partial charge >= 0.3 is 0 Å². The van der Waals surface area contributed by atoms with Gasteiger partial charge in [-0.2, -0.15) is 0 Å². The van der Waals surface area contributed by atoms with Gasteiger partial charge in [0.25, 0.3) is 5.91 Å². The lowest BCUT2D eigenvalue weighted by Gasteiger charge is -2.13. The van der Waals surface area contributed by atoms with Gasteiger partial charge in [-0.1, -0.05) is 48.5 Å². The maximum Gasteiger partial charge on any atom is 0.261 e. The number of hydrogen-bond donors (Lipinski definition) is 1. The Balaban J connectivity index is 1.78. The third-order valence-corrected chi connectivity index (χ3v) is 4.91. The number of aromatic nitrogens is 2. The van der Waals surface area contributed by atoms with Gasteiger partial charge in [0.15, 0.2) is 0 Å². The number of hydrogen-bond acceptors (Lipinski definition) is 3. The maximum absolute atomic E-state index is 13.1. The predicted octanol–water partition coefficient (Wildman–Crippen LogP) is 4.64. The average Bonchev–Trinajstić information content (AvgIpc) is 2.75. The van der Waals surface area contributed by atoms with Crippen molar-refractivity contribution in [3.05, 3.63) is 94.4 Å². The van der Waals surface area contributed by atoms with E-state index in [0.717, 1.165) is 16.8 Å². The molecular weight excluding hydrogens is 362 g/mol. The Morgan fingerprint density at radius 1 is 1.00 bits per heavy atom. The van der Waals surface area contributed by atoms with Crippen LogP contribution >= 0.6 is 0 Å². The highest BCUT2D eigenvalue weighted by molar-refractivity contribution is 6.07. The van der Waals surface area contributed by atoms with Crippen molar-refractivity contribution in [2.45, 2.75) is 20.4 Å². The van der Waals surface area contributed by atoms with E-state index in [9.17, 15) is 9.59 Å². The highest BCUT2D eigenvalue weighted by Crippen LogP contribution is 2.27. The molecule has 0 spiro atoms. The lowest BCUT2D eigenvalue weighted by atomic mass is 10.0. The molecule has 0 fully saturated rings. The van der Waals surface area contributed by atoms with E-state index in [1.54, 1.807) is 18.3 Å². The first-order valence-corrected chi connectivity index (χ1v) is 9.55. The summed E-state index contributed by atoms with van der Waals surface area (Å²) in [4.78, 5) is 30.5. The van der Waals surface area contributed by atoms with Gasteiger partial charge in [0.1, 0.15) is 11.2 Å². The van der Waals surface area contributed by atoms with E-state index < -0.39 is 5.91 Å². The van der Waals surface area contributed by atoms with Crippen molar-refractivity contribution in [1.82, 2.24) is 9.55 Å². The van der Waals surface area contributed by atoms with Crippen molar-refractivity contribution in [1.29, 1.82) is 0 Å². The third-order valence-electron chi connectivity index (χ3n) is 4.91. The van der Waals surface area contributed by atoms with Crippen LogP contribution in [0, 0.1) is 6.92 Å².